The van der Waals surface area contributed by atoms with Crippen molar-refractivity contribution >= 4 is 22.5 Å². The van der Waals surface area contributed by atoms with Crippen LogP contribution < -0.4 is 9.80 Å². The molecule has 3 saturated heterocycles. The molecule has 35 heavy (non-hydrogen) atoms. The molecule has 6 rings (SSSR count). The zero-order chi connectivity index (χ0) is 24.3. The van der Waals surface area contributed by atoms with Crippen LogP contribution in [0.1, 0.15) is 31.6 Å². The molecule has 2 N–H and O–H groups in total. The van der Waals surface area contributed by atoms with E-state index in [2.05, 4.69) is 20.2 Å². The Labute approximate surface area is 198 Å². The van der Waals surface area contributed by atoms with Gasteiger partial charge in [-0.05, 0) is 19.8 Å². The van der Waals surface area contributed by atoms with Gasteiger partial charge < -0.3 is 24.4 Å². The predicted octanol–water partition coefficient (Wildman–Crippen LogP) is 2.33. The molecule has 3 aromatic rings. The summed E-state index contributed by atoms with van der Waals surface area (Å²) in [5, 5.41) is 21.4. The summed E-state index contributed by atoms with van der Waals surface area (Å²) in [5.41, 5.74) is 0.292. The van der Waals surface area contributed by atoms with E-state index in [0.717, 1.165) is 12.8 Å². The third-order valence-corrected chi connectivity index (χ3v) is 7.10. The minimum Gasteiger partial charge on any atom is -0.378 e. The molecule has 188 valence electrons. The number of ether oxygens (including phenoxy) is 2. The first-order chi connectivity index (χ1) is 16.8. The molecule has 3 aliphatic rings. The van der Waals surface area contributed by atoms with Crippen molar-refractivity contribution in [2.75, 3.05) is 42.8 Å². The number of aliphatic hydroxyl groups is 1. The maximum Gasteiger partial charge on any atom is 0.420 e. The SMILES string of the molecule is C[C@@H]1COCCN1c1cc(N2C3CCC2COC3)nc2c1c(C(O)C(F)(F)F)nn2-c1ccn[nH]1. The fourth-order valence-corrected chi connectivity index (χ4v) is 5.44. The first-order valence-electron chi connectivity index (χ1n) is 11.7. The number of rotatable bonds is 4. The quantitative estimate of drug-likeness (QED) is 0.571. The van der Waals surface area contributed by atoms with Crippen molar-refractivity contribution in [1.29, 1.82) is 0 Å². The largest absolute Gasteiger partial charge is 0.420 e. The van der Waals surface area contributed by atoms with Gasteiger partial charge >= 0.3 is 6.18 Å². The smallest absolute Gasteiger partial charge is 0.378 e. The third-order valence-electron chi connectivity index (χ3n) is 7.10. The number of pyridine rings is 1. The van der Waals surface area contributed by atoms with Crippen molar-refractivity contribution in [2.24, 2.45) is 0 Å². The number of anilines is 2. The Morgan fingerprint density at radius 3 is 2.60 bits per heavy atom. The summed E-state index contributed by atoms with van der Waals surface area (Å²) in [7, 11) is 0. The summed E-state index contributed by atoms with van der Waals surface area (Å²) < 4.78 is 53.9. The van der Waals surface area contributed by atoms with Crippen LogP contribution in [0, 0.1) is 0 Å². The van der Waals surface area contributed by atoms with Crippen LogP contribution in [0.4, 0.5) is 24.7 Å². The van der Waals surface area contributed by atoms with E-state index in [0.29, 0.717) is 50.3 Å². The number of aromatic nitrogens is 5. The van der Waals surface area contributed by atoms with E-state index in [-0.39, 0.29) is 29.2 Å². The number of hydrogen-bond donors (Lipinski definition) is 2. The van der Waals surface area contributed by atoms with Crippen LogP contribution in [-0.4, -0.2) is 87.3 Å². The number of aliphatic hydroxyl groups excluding tert-OH is 1. The van der Waals surface area contributed by atoms with Crippen LogP contribution >= 0.6 is 0 Å². The molecule has 0 aromatic carbocycles. The zero-order valence-electron chi connectivity index (χ0n) is 19.1. The van der Waals surface area contributed by atoms with Crippen LogP contribution in [0.2, 0.25) is 0 Å². The lowest BCUT2D eigenvalue weighted by atomic mass is 10.1. The molecule has 0 aliphatic carbocycles. The van der Waals surface area contributed by atoms with E-state index in [4.69, 9.17) is 14.5 Å². The summed E-state index contributed by atoms with van der Waals surface area (Å²) in [6.07, 6.45) is -4.25. The second kappa shape index (κ2) is 8.35. The van der Waals surface area contributed by atoms with Crippen LogP contribution in [0.25, 0.3) is 16.9 Å². The molecular formula is C22H26F3N7O3. The summed E-state index contributed by atoms with van der Waals surface area (Å²) in [4.78, 5) is 9.09. The fraction of sp³-hybridized carbons (Fsp3) is 0.591. The number of halogens is 3. The molecule has 13 heteroatoms. The van der Waals surface area contributed by atoms with Crippen molar-refractivity contribution in [3.63, 3.8) is 0 Å². The van der Waals surface area contributed by atoms with Gasteiger partial charge in [-0.2, -0.15) is 28.1 Å². The van der Waals surface area contributed by atoms with Crippen LogP contribution in [0.5, 0.6) is 0 Å². The first-order valence-corrected chi connectivity index (χ1v) is 11.7. The number of H-pyrrole nitrogens is 1. The van der Waals surface area contributed by atoms with E-state index in [1.54, 1.807) is 6.07 Å². The first kappa shape index (κ1) is 22.6. The minimum atomic E-state index is -4.89. The van der Waals surface area contributed by atoms with Gasteiger partial charge in [0, 0.05) is 24.7 Å². The highest BCUT2D eigenvalue weighted by molar-refractivity contribution is 5.95. The topological polar surface area (TPSA) is 105 Å². The van der Waals surface area contributed by atoms with Crippen molar-refractivity contribution in [3.8, 4) is 5.82 Å². The molecule has 3 aromatic heterocycles. The maximum absolute atomic E-state index is 13.8. The normalized spacial score (nSPS) is 26.0. The highest BCUT2D eigenvalue weighted by atomic mass is 19.4. The Bertz CT molecular complexity index is 1200. The van der Waals surface area contributed by atoms with Gasteiger partial charge in [0.15, 0.2) is 17.6 Å². The van der Waals surface area contributed by atoms with Crippen LogP contribution in [0.15, 0.2) is 18.3 Å². The van der Waals surface area contributed by atoms with Crippen molar-refractivity contribution in [3.05, 3.63) is 24.0 Å². The molecule has 3 unspecified atom stereocenters. The average Bonchev–Trinajstić information content (AvgIpc) is 3.54. The molecule has 3 fully saturated rings. The zero-order valence-corrected chi connectivity index (χ0v) is 19.1. The molecule has 0 amide bonds. The molecule has 2 bridgehead atoms. The Morgan fingerprint density at radius 1 is 1.17 bits per heavy atom. The second-order valence-electron chi connectivity index (χ2n) is 9.33. The van der Waals surface area contributed by atoms with Gasteiger partial charge in [-0.3, -0.25) is 5.10 Å². The van der Waals surface area contributed by atoms with Gasteiger partial charge in [-0.1, -0.05) is 0 Å². The van der Waals surface area contributed by atoms with Gasteiger partial charge in [-0.25, -0.2) is 4.98 Å². The maximum atomic E-state index is 13.8. The second-order valence-corrected chi connectivity index (χ2v) is 9.33. The monoisotopic (exact) mass is 493 g/mol. The van der Waals surface area contributed by atoms with Gasteiger partial charge in [0.2, 0.25) is 0 Å². The van der Waals surface area contributed by atoms with Gasteiger partial charge in [0.1, 0.15) is 11.5 Å². The van der Waals surface area contributed by atoms with E-state index < -0.39 is 18.0 Å². The number of morpholine rings is 2. The molecule has 6 heterocycles. The number of nitrogens with zero attached hydrogens (tertiary/aromatic N) is 6. The molecule has 0 spiro atoms. The summed E-state index contributed by atoms with van der Waals surface area (Å²) in [6, 6.07) is 3.65. The van der Waals surface area contributed by atoms with Crippen LogP contribution in [-0.2, 0) is 9.47 Å². The Kier molecular flexibility index (Phi) is 5.38. The molecule has 10 nitrogen and oxygen atoms in total. The Morgan fingerprint density at radius 2 is 1.94 bits per heavy atom. The number of aromatic amines is 1. The fourth-order valence-electron chi connectivity index (χ4n) is 5.44. The van der Waals surface area contributed by atoms with Crippen molar-refractivity contribution in [1.82, 2.24) is 25.0 Å². The Balaban J connectivity index is 1.62. The van der Waals surface area contributed by atoms with Gasteiger partial charge in [0.05, 0.1) is 55.8 Å². The lowest BCUT2D eigenvalue weighted by Gasteiger charge is -2.38. The molecule has 0 saturated carbocycles. The third kappa shape index (κ3) is 3.72. The minimum absolute atomic E-state index is 0.0880. The van der Waals surface area contributed by atoms with E-state index in [1.807, 2.05) is 17.9 Å². The molecule has 4 atom stereocenters. The van der Waals surface area contributed by atoms with E-state index in [9.17, 15) is 18.3 Å². The molecular weight excluding hydrogens is 467 g/mol. The molecule has 0 radical (unpaired) electrons. The number of alkyl halides is 3. The van der Waals surface area contributed by atoms with Gasteiger partial charge in [-0.15, -0.1) is 0 Å². The van der Waals surface area contributed by atoms with Crippen molar-refractivity contribution < 1.29 is 27.8 Å². The van der Waals surface area contributed by atoms with Crippen LogP contribution in [0.3, 0.4) is 0 Å². The number of fused-ring (bicyclic) bond motifs is 3. The lowest BCUT2D eigenvalue weighted by Crippen LogP contribution is -2.47. The Hall–Kier alpha value is -2.90. The summed E-state index contributed by atoms with van der Waals surface area (Å²) in [5.74, 6) is 1.02. The van der Waals surface area contributed by atoms with E-state index >= 15 is 0 Å². The lowest BCUT2D eigenvalue weighted by molar-refractivity contribution is -0.207. The van der Waals surface area contributed by atoms with E-state index in [1.165, 1.54) is 10.9 Å². The number of nitrogens with one attached hydrogen (secondary N) is 1. The predicted molar refractivity (Wildman–Crippen MR) is 120 cm³/mol. The molecule has 3 aliphatic heterocycles. The average molecular weight is 493 g/mol. The van der Waals surface area contributed by atoms with Crippen molar-refractivity contribution in [2.45, 2.75) is 50.2 Å². The van der Waals surface area contributed by atoms with Gasteiger partial charge in [0.25, 0.3) is 0 Å². The standard InChI is InChI=1S/C22H26F3N7O3/c1-12-9-34-7-6-30(12)15-8-17(31-13-2-3-14(31)11-35-10-13)27-21-18(15)19(20(33)22(23,24)25)29-32(21)16-4-5-26-28-16/h4-5,8,12-14,20,33H,2-3,6-7,9-11H2,1H3,(H,26,28)/t12-,13?,14?,20?/m1/s1. The highest BCUT2D eigenvalue weighted by Crippen LogP contribution is 2.43. The number of hydrogen-bond acceptors (Lipinski definition) is 8. The highest BCUT2D eigenvalue weighted by Gasteiger charge is 2.44. The summed E-state index contributed by atoms with van der Waals surface area (Å²) >= 11 is 0. The summed E-state index contributed by atoms with van der Waals surface area (Å²) in [6.45, 7) is 4.50.